The smallest absolute Gasteiger partial charge is 0.329 e. The van der Waals surface area contributed by atoms with Crippen LogP contribution in [0.3, 0.4) is 0 Å². The van der Waals surface area contributed by atoms with Crippen LogP contribution in [0.5, 0.6) is 0 Å². The summed E-state index contributed by atoms with van der Waals surface area (Å²) in [6.45, 7) is 7.37. The highest BCUT2D eigenvalue weighted by Gasteiger charge is 2.46. The fraction of sp³-hybridized carbons (Fsp3) is 0.846. The molecular weight excluding hydrogens is 246 g/mol. The standard InChI is InChI=1S/C13H23N3O3/c1-3-15-7-8-16(9-10(15)2)12(19)14-13(11(17)18)5-4-6-13/h10H,3-9H2,1-2H3,(H,14,19)(H,17,18). The summed E-state index contributed by atoms with van der Waals surface area (Å²) in [6.07, 6.45) is 1.95. The number of urea groups is 1. The van der Waals surface area contributed by atoms with Gasteiger partial charge in [-0.05, 0) is 32.7 Å². The van der Waals surface area contributed by atoms with Crippen LogP contribution in [0.1, 0.15) is 33.1 Å². The van der Waals surface area contributed by atoms with E-state index in [2.05, 4.69) is 24.1 Å². The van der Waals surface area contributed by atoms with Crippen molar-refractivity contribution < 1.29 is 14.7 Å². The average molecular weight is 269 g/mol. The Morgan fingerprint density at radius 3 is 2.47 bits per heavy atom. The molecule has 2 fully saturated rings. The largest absolute Gasteiger partial charge is 0.480 e. The third-order valence-electron chi connectivity index (χ3n) is 4.42. The number of piperazine rings is 1. The molecule has 0 spiro atoms. The van der Waals surface area contributed by atoms with E-state index in [9.17, 15) is 14.7 Å². The number of rotatable bonds is 3. The van der Waals surface area contributed by atoms with Crippen molar-refractivity contribution in [3.05, 3.63) is 0 Å². The molecule has 1 saturated heterocycles. The van der Waals surface area contributed by atoms with Crippen molar-refractivity contribution in [2.24, 2.45) is 0 Å². The molecule has 2 amide bonds. The van der Waals surface area contributed by atoms with Gasteiger partial charge >= 0.3 is 12.0 Å². The Hall–Kier alpha value is -1.30. The summed E-state index contributed by atoms with van der Waals surface area (Å²) < 4.78 is 0. The van der Waals surface area contributed by atoms with Gasteiger partial charge in [0.2, 0.25) is 0 Å². The van der Waals surface area contributed by atoms with Gasteiger partial charge in [-0.15, -0.1) is 0 Å². The first-order chi connectivity index (χ1) is 8.98. The van der Waals surface area contributed by atoms with Gasteiger partial charge in [-0.3, -0.25) is 4.90 Å². The minimum atomic E-state index is -1.01. The molecule has 0 aromatic carbocycles. The number of carbonyl (C=O) groups excluding carboxylic acids is 1. The molecule has 2 rings (SSSR count). The quantitative estimate of drug-likeness (QED) is 0.792. The lowest BCUT2D eigenvalue weighted by Crippen LogP contribution is -2.64. The van der Waals surface area contributed by atoms with E-state index in [4.69, 9.17) is 0 Å². The maximum absolute atomic E-state index is 12.2. The van der Waals surface area contributed by atoms with Crippen molar-refractivity contribution in [1.29, 1.82) is 0 Å². The summed E-state index contributed by atoms with van der Waals surface area (Å²) >= 11 is 0. The summed E-state index contributed by atoms with van der Waals surface area (Å²) in [5.41, 5.74) is -1.01. The highest BCUT2D eigenvalue weighted by molar-refractivity contribution is 5.87. The Morgan fingerprint density at radius 1 is 1.37 bits per heavy atom. The molecule has 1 aliphatic heterocycles. The number of carboxylic acid groups (broad SMARTS) is 1. The predicted molar refractivity (Wildman–Crippen MR) is 71.0 cm³/mol. The zero-order valence-corrected chi connectivity index (χ0v) is 11.7. The number of hydrogen-bond donors (Lipinski definition) is 2. The number of aliphatic carboxylic acids is 1. The SMILES string of the molecule is CCN1CCN(C(=O)NC2(C(=O)O)CCC2)CC1C. The van der Waals surface area contributed by atoms with E-state index >= 15 is 0 Å². The van der Waals surface area contributed by atoms with Crippen LogP contribution in [-0.4, -0.2) is 64.7 Å². The number of nitrogens with zero attached hydrogens (tertiary/aromatic N) is 2. The second kappa shape index (κ2) is 5.36. The van der Waals surface area contributed by atoms with Crippen LogP contribution in [0.4, 0.5) is 4.79 Å². The Balaban J connectivity index is 1.92. The summed E-state index contributed by atoms with van der Waals surface area (Å²) in [6, 6.07) is 0.0939. The molecule has 19 heavy (non-hydrogen) atoms. The summed E-state index contributed by atoms with van der Waals surface area (Å²) in [5.74, 6) is -0.910. The lowest BCUT2D eigenvalue weighted by Gasteiger charge is -2.43. The van der Waals surface area contributed by atoms with Crippen LogP contribution in [0.2, 0.25) is 0 Å². The number of carbonyl (C=O) groups is 2. The third kappa shape index (κ3) is 2.68. The molecule has 6 nitrogen and oxygen atoms in total. The van der Waals surface area contributed by atoms with E-state index < -0.39 is 11.5 Å². The first-order valence-corrected chi connectivity index (χ1v) is 7.03. The lowest BCUT2D eigenvalue weighted by molar-refractivity contribution is -0.148. The first-order valence-electron chi connectivity index (χ1n) is 7.03. The van der Waals surface area contributed by atoms with Gasteiger partial charge in [-0.25, -0.2) is 9.59 Å². The van der Waals surface area contributed by atoms with Crippen LogP contribution in [0, 0.1) is 0 Å². The van der Waals surface area contributed by atoms with Crippen molar-refractivity contribution in [3.8, 4) is 0 Å². The van der Waals surface area contributed by atoms with Crippen LogP contribution in [-0.2, 0) is 4.79 Å². The molecule has 6 heteroatoms. The van der Waals surface area contributed by atoms with Crippen molar-refractivity contribution in [3.63, 3.8) is 0 Å². The minimum absolute atomic E-state index is 0.232. The van der Waals surface area contributed by atoms with Gasteiger partial charge in [0, 0.05) is 25.7 Å². The predicted octanol–water partition coefficient (Wildman–Crippen LogP) is 0.729. The number of carboxylic acids is 1. The molecule has 0 aromatic rings. The fourth-order valence-corrected chi connectivity index (χ4v) is 2.86. The lowest BCUT2D eigenvalue weighted by atomic mass is 9.77. The topological polar surface area (TPSA) is 72.9 Å². The van der Waals surface area contributed by atoms with Gasteiger partial charge in [0.05, 0.1) is 0 Å². The molecule has 108 valence electrons. The molecule has 1 unspecified atom stereocenters. The molecule has 1 heterocycles. The number of likely N-dealkylation sites (N-methyl/N-ethyl adjacent to an activating group) is 1. The third-order valence-corrected chi connectivity index (χ3v) is 4.42. The summed E-state index contributed by atoms with van der Waals surface area (Å²) in [7, 11) is 0. The number of amides is 2. The molecule has 2 N–H and O–H groups in total. The van der Waals surface area contributed by atoms with E-state index in [1.165, 1.54) is 0 Å². The van der Waals surface area contributed by atoms with Crippen LogP contribution < -0.4 is 5.32 Å². The van der Waals surface area contributed by atoms with Crippen LogP contribution in [0.15, 0.2) is 0 Å². The minimum Gasteiger partial charge on any atom is -0.480 e. The van der Waals surface area contributed by atoms with E-state index in [0.717, 1.165) is 19.5 Å². The molecule has 2 aliphatic rings. The maximum atomic E-state index is 12.2. The molecule has 0 radical (unpaired) electrons. The zero-order valence-electron chi connectivity index (χ0n) is 11.7. The van der Waals surface area contributed by atoms with Crippen molar-refractivity contribution >= 4 is 12.0 Å². The molecule has 1 aliphatic carbocycles. The van der Waals surface area contributed by atoms with Crippen LogP contribution >= 0.6 is 0 Å². The molecule has 0 aromatic heterocycles. The second-order valence-electron chi connectivity index (χ2n) is 5.59. The van der Waals surface area contributed by atoms with Gasteiger partial charge in [-0.1, -0.05) is 6.92 Å². The number of hydrogen-bond acceptors (Lipinski definition) is 3. The van der Waals surface area contributed by atoms with Crippen molar-refractivity contribution in [1.82, 2.24) is 15.1 Å². The zero-order chi connectivity index (χ0) is 14.0. The van der Waals surface area contributed by atoms with E-state index in [-0.39, 0.29) is 6.03 Å². The summed E-state index contributed by atoms with van der Waals surface area (Å²) in [5, 5.41) is 11.9. The van der Waals surface area contributed by atoms with E-state index in [1.54, 1.807) is 4.90 Å². The van der Waals surface area contributed by atoms with Gasteiger partial charge in [0.15, 0.2) is 0 Å². The second-order valence-corrected chi connectivity index (χ2v) is 5.59. The van der Waals surface area contributed by atoms with Gasteiger partial charge in [-0.2, -0.15) is 0 Å². The molecule has 0 bridgehead atoms. The Labute approximate surface area is 113 Å². The van der Waals surface area contributed by atoms with Crippen molar-refractivity contribution in [2.75, 3.05) is 26.2 Å². The molecule has 1 saturated carbocycles. The normalized spacial score (nSPS) is 26.6. The van der Waals surface area contributed by atoms with E-state index in [0.29, 0.717) is 32.0 Å². The van der Waals surface area contributed by atoms with E-state index in [1.807, 2.05) is 0 Å². The Morgan fingerprint density at radius 2 is 2.05 bits per heavy atom. The Bertz CT molecular complexity index is 368. The highest BCUT2D eigenvalue weighted by Crippen LogP contribution is 2.32. The fourth-order valence-electron chi connectivity index (χ4n) is 2.86. The van der Waals surface area contributed by atoms with Gasteiger partial charge in [0.1, 0.15) is 5.54 Å². The Kier molecular flexibility index (Phi) is 3.99. The average Bonchev–Trinajstić information content (AvgIpc) is 2.32. The molecule has 1 atom stereocenters. The highest BCUT2D eigenvalue weighted by atomic mass is 16.4. The van der Waals surface area contributed by atoms with Gasteiger partial charge in [0.25, 0.3) is 0 Å². The summed E-state index contributed by atoms with van der Waals surface area (Å²) in [4.78, 5) is 27.5. The van der Waals surface area contributed by atoms with Crippen molar-refractivity contribution in [2.45, 2.75) is 44.7 Å². The van der Waals surface area contributed by atoms with Crippen LogP contribution in [0.25, 0.3) is 0 Å². The number of nitrogens with one attached hydrogen (secondary N) is 1. The maximum Gasteiger partial charge on any atom is 0.329 e. The molecular formula is C13H23N3O3. The van der Waals surface area contributed by atoms with Gasteiger partial charge < -0.3 is 15.3 Å². The monoisotopic (exact) mass is 269 g/mol. The first kappa shape index (κ1) is 14.1.